The Bertz CT molecular complexity index is 1070. The van der Waals surface area contributed by atoms with Crippen LogP contribution in [0.3, 0.4) is 0 Å². The Morgan fingerprint density at radius 1 is 1.41 bits per heavy atom. The number of rotatable bonds is 8. The highest BCUT2D eigenvalue weighted by molar-refractivity contribution is 9.09. The average Bonchev–Trinajstić information content (AvgIpc) is 3.21. The van der Waals surface area contributed by atoms with E-state index in [-0.39, 0.29) is 34.1 Å². The summed E-state index contributed by atoms with van der Waals surface area (Å²) in [6, 6.07) is -1.07. The molecule has 1 aromatic heterocycles. The van der Waals surface area contributed by atoms with Crippen LogP contribution in [0.5, 0.6) is 0 Å². The van der Waals surface area contributed by atoms with Gasteiger partial charge in [-0.1, -0.05) is 21.1 Å². The van der Waals surface area contributed by atoms with E-state index in [1.165, 1.54) is 18.7 Å². The van der Waals surface area contributed by atoms with E-state index in [2.05, 4.69) is 51.7 Å². The lowest BCUT2D eigenvalue weighted by atomic mass is 10.0. The number of ketones is 1. The largest absolute Gasteiger partial charge is 0.477 e. The second kappa shape index (κ2) is 9.47. The Balaban J connectivity index is 1.84. The van der Waals surface area contributed by atoms with Crippen molar-refractivity contribution in [2.45, 2.75) is 18.3 Å². The Morgan fingerprint density at radius 3 is 2.72 bits per heavy atom. The number of fused-ring (bicyclic) bond motifs is 1. The summed E-state index contributed by atoms with van der Waals surface area (Å²) >= 11 is 4.11. The van der Waals surface area contributed by atoms with Gasteiger partial charge in [-0.05, 0) is 0 Å². The number of nitrogens with zero attached hydrogens (tertiary/aromatic N) is 4. The smallest absolute Gasteiger partial charge is 0.353 e. The number of halogens is 1. The van der Waals surface area contributed by atoms with Crippen molar-refractivity contribution in [3.8, 4) is 0 Å². The van der Waals surface area contributed by atoms with E-state index in [0.717, 1.165) is 12.0 Å². The molecule has 1 aromatic rings. The summed E-state index contributed by atoms with van der Waals surface area (Å²) in [6.07, 6.45) is 0. The van der Waals surface area contributed by atoms with Gasteiger partial charge in [0, 0.05) is 18.2 Å². The van der Waals surface area contributed by atoms with Crippen LogP contribution in [0.4, 0.5) is 5.95 Å². The molecular weight excluding hydrogens is 514 g/mol. The molecule has 0 aliphatic carbocycles. The van der Waals surface area contributed by atoms with Gasteiger partial charge in [0.15, 0.2) is 5.82 Å². The molecule has 3 amide bonds. The van der Waals surface area contributed by atoms with Crippen LogP contribution < -0.4 is 10.6 Å². The number of carboxylic acid groups (broad SMARTS) is 1. The summed E-state index contributed by atoms with van der Waals surface area (Å²) in [5.41, 5.74) is -0.660. The van der Waals surface area contributed by atoms with Crippen LogP contribution in [0, 0.1) is 0 Å². The van der Waals surface area contributed by atoms with Crippen LogP contribution in [0.2, 0.25) is 0 Å². The first-order chi connectivity index (χ1) is 15.2. The van der Waals surface area contributed by atoms with Gasteiger partial charge in [0.05, 0.1) is 5.33 Å². The summed E-state index contributed by atoms with van der Waals surface area (Å²) < 4.78 is 0. The van der Waals surface area contributed by atoms with Crippen LogP contribution in [-0.4, -0.2) is 90.0 Å². The van der Waals surface area contributed by atoms with E-state index in [4.69, 9.17) is 0 Å². The van der Waals surface area contributed by atoms with Crippen molar-refractivity contribution < 1.29 is 33.9 Å². The molecule has 2 aliphatic heterocycles. The highest BCUT2D eigenvalue weighted by Crippen LogP contribution is 2.42. The van der Waals surface area contributed by atoms with Crippen molar-refractivity contribution >= 4 is 74.4 Å². The van der Waals surface area contributed by atoms with Crippen molar-refractivity contribution in [2.24, 2.45) is 5.16 Å². The van der Waals surface area contributed by atoms with Crippen molar-refractivity contribution in [2.75, 3.05) is 23.5 Å². The Kier molecular flexibility index (Phi) is 6.93. The topological polar surface area (TPSA) is 196 Å². The molecule has 1 fully saturated rings. The molecule has 170 valence electrons. The number of β-lactam (4-membered cyclic amide) rings is 1. The van der Waals surface area contributed by atoms with Crippen LogP contribution in [0.1, 0.15) is 12.7 Å². The van der Waals surface area contributed by atoms with Crippen LogP contribution in [-0.2, 0) is 28.8 Å². The summed E-state index contributed by atoms with van der Waals surface area (Å²) in [7, 11) is 1.16. The number of H-pyrrole nitrogens is 1. The van der Waals surface area contributed by atoms with Crippen molar-refractivity contribution in [3.05, 3.63) is 11.5 Å². The number of amides is 3. The molecule has 1 saturated heterocycles. The van der Waals surface area contributed by atoms with Crippen molar-refractivity contribution in [1.82, 2.24) is 25.4 Å². The molecule has 1 unspecified atom stereocenters. The number of anilines is 1. The lowest BCUT2D eigenvalue weighted by molar-refractivity contribution is -0.150. The van der Waals surface area contributed by atoms with Gasteiger partial charge < -0.3 is 15.3 Å². The highest BCUT2D eigenvalue weighted by atomic mass is 79.9. The average molecular weight is 530 g/mol. The number of carbonyl (C=O) groups is 5. The van der Waals surface area contributed by atoms with Gasteiger partial charge >= 0.3 is 5.97 Å². The first-order valence-electron chi connectivity index (χ1n) is 8.82. The molecule has 3 rings (SSSR count). The van der Waals surface area contributed by atoms with Gasteiger partial charge in [0.1, 0.15) is 24.2 Å². The summed E-state index contributed by atoms with van der Waals surface area (Å²) in [4.78, 5) is 69.7. The number of Topliss-reactive ketones (excluding diaryl/α,β-unsaturated/α-hetero) is 1. The lowest BCUT2D eigenvalue weighted by Gasteiger charge is -2.49. The number of carboxylic acids is 1. The third-order valence-corrected chi connectivity index (χ3v) is 6.09. The minimum atomic E-state index is -1.38. The van der Waals surface area contributed by atoms with E-state index in [0.29, 0.717) is 0 Å². The van der Waals surface area contributed by atoms with E-state index < -0.39 is 46.6 Å². The van der Waals surface area contributed by atoms with Gasteiger partial charge in [-0.3, -0.25) is 34.5 Å². The van der Waals surface area contributed by atoms with E-state index >= 15 is 0 Å². The van der Waals surface area contributed by atoms with Gasteiger partial charge in [0.25, 0.3) is 11.8 Å². The molecule has 0 saturated carbocycles. The number of aliphatic carboxylic acids is 1. The molecular formula is C16H16BrN7O7S. The molecule has 4 N–H and O–H groups in total. The molecule has 16 heteroatoms. The Labute approximate surface area is 192 Å². The lowest BCUT2D eigenvalue weighted by Crippen LogP contribution is -2.71. The second-order valence-corrected chi connectivity index (χ2v) is 8.03. The summed E-state index contributed by atoms with van der Waals surface area (Å²) in [5.74, 6) is -3.89. The predicted octanol–water partition coefficient (Wildman–Crippen LogP) is -1.07. The Morgan fingerprint density at radius 2 is 2.12 bits per heavy atom. The minimum Gasteiger partial charge on any atom is -0.477 e. The molecule has 14 nitrogen and oxygen atoms in total. The third kappa shape index (κ3) is 4.36. The maximum absolute atomic E-state index is 12.7. The minimum absolute atomic E-state index is 0.0432. The fourth-order valence-electron chi connectivity index (χ4n) is 2.99. The SMILES string of the molecule is CON=C(C(=O)CBr)C(=O)NC1C(=O)N2C(C(=O)O)=C(c3nc(NC(C)=O)n[nH]3)CS[C@H]12. The number of hydrogen-bond donors (Lipinski definition) is 4. The number of thioether (sulfide) groups is 1. The first-order valence-corrected chi connectivity index (χ1v) is 11.0. The number of aromatic nitrogens is 3. The quantitative estimate of drug-likeness (QED) is 0.106. The summed E-state index contributed by atoms with van der Waals surface area (Å²) in [5, 5.41) is 23.3. The van der Waals surface area contributed by atoms with Crippen molar-refractivity contribution in [1.29, 1.82) is 0 Å². The zero-order chi connectivity index (χ0) is 23.6. The number of hydrogen-bond acceptors (Lipinski definition) is 10. The van der Waals surface area contributed by atoms with Crippen LogP contribution in [0.25, 0.3) is 5.57 Å². The van der Waals surface area contributed by atoms with Gasteiger partial charge in [-0.25, -0.2) is 4.79 Å². The maximum atomic E-state index is 12.7. The van der Waals surface area contributed by atoms with E-state index in [9.17, 15) is 29.1 Å². The fourth-order valence-corrected chi connectivity index (χ4v) is 4.61. The predicted molar refractivity (Wildman–Crippen MR) is 114 cm³/mol. The fraction of sp³-hybridized carbons (Fsp3) is 0.375. The first kappa shape index (κ1) is 23.4. The maximum Gasteiger partial charge on any atom is 0.353 e. The molecule has 2 atom stereocenters. The zero-order valence-electron chi connectivity index (χ0n) is 16.5. The molecule has 2 aliphatic rings. The summed E-state index contributed by atoms with van der Waals surface area (Å²) in [6.45, 7) is 1.26. The Hall–Kier alpha value is -3.27. The number of carbonyl (C=O) groups excluding carboxylic acids is 4. The molecule has 3 heterocycles. The van der Waals surface area contributed by atoms with E-state index in [1.807, 2.05) is 0 Å². The number of oxime groups is 1. The van der Waals surface area contributed by atoms with Crippen molar-refractivity contribution in [3.63, 3.8) is 0 Å². The number of aromatic amines is 1. The third-order valence-electron chi connectivity index (χ3n) is 4.30. The van der Waals surface area contributed by atoms with Gasteiger partial charge in [-0.15, -0.1) is 16.9 Å². The standard InChI is InChI=1S/C16H16BrN7O7S/c1-5(25)18-16-20-11(21-22-16)6-4-32-14-9(13(28)24(14)10(6)15(29)30)19-12(27)8(23-31-2)7(26)3-17/h9,14H,3-4H2,1-2H3,(H,19,27)(H,29,30)(H2,18,20,21,22,25)/t9?,14-/m1/s1. The zero-order valence-corrected chi connectivity index (χ0v) is 18.9. The molecule has 0 radical (unpaired) electrons. The van der Waals surface area contributed by atoms with Crippen LogP contribution in [0.15, 0.2) is 10.9 Å². The van der Waals surface area contributed by atoms with Gasteiger partial charge in [-0.2, -0.15) is 4.98 Å². The molecule has 0 bridgehead atoms. The molecule has 32 heavy (non-hydrogen) atoms. The molecule has 0 aromatic carbocycles. The normalized spacial score (nSPS) is 20.3. The second-order valence-electron chi connectivity index (χ2n) is 6.36. The number of nitrogens with one attached hydrogen (secondary N) is 3. The van der Waals surface area contributed by atoms with Crippen LogP contribution >= 0.6 is 27.7 Å². The number of alkyl halides is 1. The molecule has 0 spiro atoms. The van der Waals surface area contributed by atoms with E-state index in [1.54, 1.807) is 0 Å². The van der Waals surface area contributed by atoms with Gasteiger partial charge in [0.2, 0.25) is 23.4 Å². The monoisotopic (exact) mass is 529 g/mol. The highest BCUT2D eigenvalue weighted by Gasteiger charge is 2.55.